The molecule has 0 aliphatic carbocycles. The highest BCUT2D eigenvalue weighted by Crippen LogP contribution is 2.42. The van der Waals surface area contributed by atoms with Crippen molar-refractivity contribution in [3.63, 3.8) is 0 Å². The summed E-state index contributed by atoms with van der Waals surface area (Å²) in [5.74, 6) is -0.0389. The minimum absolute atomic E-state index is 0.00578. The number of Topliss-reactive ketones (excluding diaryl/α,β-unsaturated/α-hetero) is 1. The number of rotatable bonds is 4. The van der Waals surface area contributed by atoms with Crippen LogP contribution >= 0.6 is 34.9 Å². The number of carbonyl (C=O) groups excluding carboxylic acids is 3. The summed E-state index contributed by atoms with van der Waals surface area (Å²) in [6.45, 7) is 0. The first kappa shape index (κ1) is 22.3. The van der Waals surface area contributed by atoms with E-state index in [-0.39, 0.29) is 17.6 Å². The normalized spacial score (nSPS) is 15.7. The number of benzene rings is 3. The molecule has 5 aromatic rings. The Kier molecular flexibility index (Phi) is 5.17. The first-order valence-electron chi connectivity index (χ1n) is 11.2. The quantitative estimate of drug-likeness (QED) is 0.177. The molecule has 37 heavy (non-hydrogen) atoms. The maximum Gasteiger partial charge on any atom is 0.266 e. The number of carbonyl (C=O) groups is 3. The Morgan fingerprint density at radius 1 is 0.838 bits per heavy atom. The van der Waals surface area contributed by atoms with Gasteiger partial charge in [-0.1, -0.05) is 36.0 Å². The number of furan rings is 1. The minimum atomic E-state index is -0.321. The number of amides is 2. The van der Waals surface area contributed by atoms with Gasteiger partial charge in [0.25, 0.3) is 11.8 Å². The Bertz CT molecular complexity index is 1780. The fraction of sp³-hybridized carbons (Fsp3) is 0. The number of ketones is 1. The van der Waals surface area contributed by atoms with Crippen LogP contribution in [0, 0.1) is 0 Å². The van der Waals surface area contributed by atoms with Crippen LogP contribution in [0.25, 0.3) is 16.3 Å². The second-order valence-electron chi connectivity index (χ2n) is 8.32. The summed E-state index contributed by atoms with van der Waals surface area (Å²) in [7, 11) is 0. The molecule has 178 valence electrons. The van der Waals surface area contributed by atoms with Crippen LogP contribution in [-0.4, -0.2) is 22.6 Å². The zero-order chi connectivity index (χ0) is 25.1. The van der Waals surface area contributed by atoms with E-state index in [0.29, 0.717) is 32.6 Å². The van der Waals surface area contributed by atoms with E-state index in [4.69, 9.17) is 4.42 Å². The van der Waals surface area contributed by atoms with E-state index in [1.54, 1.807) is 36.4 Å². The molecule has 4 heterocycles. The van der Waals surface area contributed by atoms with Crippen molar-refractivity contribution >= 4 is 74.4 Å². The van der Waals surface area contributed by atoms with Crippen molar-refractivity contribution in [2.24, 2.45) is 0 Å². The van der Waals surface area contributed by atoms with Crippen molar-refractivity contribution in [3.8, 4) is 0 Å². The third kappa shape index (κ3) is 3.74. The molecule has 0 saturated carbocycles. The van der Waals surface area contributed by atoms with Gasteiger partial charge in [-0.25, -0.2) is 9.88 Å². The number of thioether (sulfide) groups is 1. The van der Waals surface area contributed by atoms with E-state index >= 15 is 0 Å². The first-order valence-corrected chi connectivity index (χ1v) is 13.7. The van der Waals surface area contributed by atoms with Gasteiger partial charge in [0.15, 0.2) is 9.43 Å². The molecule has 0 bridgehead atoms. The Hall–Kier alpha value is -3.92. The lowest BCUT2D eigenvalue weighted by molar-refractivity contribution is 0.0925. The highest BCUT2D eigenvalue weighted by atomic mass is 32.2. The maximum atomic E-state index is 12.8. The largest absolute Gasteiger partial charge is 0.450 e. The Labute approximate surface area is 223 Å². The van der Waals surface area contributed by atoms with Crippen LogP contribution in [0.1, 0.15) is 36.8 Å². The van der Waals surface area contributed by atoms with Crippen molar-refractivity contribution in [3.05, 3.63) is 106 Å². The smallest absolute Gasteiger partial charge is 0.266 e. The molecule has 0 radical (unpaired) electrons. The van der Waals surface area contributed by atoms with Crippen LogP contribution in [0.5, 0.6) is 0 Å². The van der Waals surface area contributed by atoms with Crippen LogP contribution in [0.3, 0.4) is 0 Å². The molecule has 0 atom stereocenters. The molecule has 2 aliphatic heterocycles. The van der Waals surface area contributed by atoms with E-state index in [0.717, 1.165) is 25.0 Å². The van der Waals surface area contributed by atoms with Crippen LogP contribution in [0.15, 0.2) is 103 Å². The zero-order valence-corrected chi connectivity index (χ0v) is 21.3. The van der Waals surface area contributed by atoms with Gasteiger partial charge in [0.1, 0.15) is 5.76 Å². The molecule has 2 amide bonds. The average molecular weight is 539 g/mol. The summed E-state index contributed by atoms with van der Waals surface area (Å²) < 4.78 is 7.57. The number of hydrogen-bond donors (Lipinski definition) is 0. The highest BCUT2D eigenvalue weighted by molar-refractivity contribution is 8.05. The lowest BCUT2D eigenvalue weighted by atomic mass is 10.1. The number of fused-ring (bicyclic) bond motifs is 3. The molecule has 0 spiro atoms. The number of anilines is 1. The van der Waals surface area contributed by atoms with Gasteiger partial charge in [0, 0.05) is 10.5 Å². The lowest BCUT2D eigenvalue weighted by Gasteiger charge is -2.13. The molecule has 6 nitrogen and oxygen atoms in total. The highest BCUT2D eigenvalue weighted by Gasteiger charge is 2.36. The van der Waals surface area contributed by atoms with Crippen molar-refractivity contribution in [1.82, 2.24) is 4.98 Å². The van der Waals surface area contributed by atoms with E-state index in [1.165, 1.54) is 39.8 Å². The summed E-state index contributed by atoms with van der Waals surface area (Å²) in [5, 5.41) is 0.652. The molecule has 2 aromatic heterocycles. The number of thiazole rings is 1. The van der Waals surface area contributed by atoms with E-state index in [9.17, 15) is 14.4 Å². The van der Waals surface area contributed by atoms with Gasteiger partial charge in [-0.05, 0) is 72.4 Å². The van der Waals surface area contributed by atoms with Gasteiger partial charge in [0.05, 0.1) is 31.9 Å². The molecule has 0 N–H and O–H groups in total. The lowest BCUT2D eigenvalue weighted by Crippen LogP contribution is -2.29. The van der Waals surface area contributed by atoms with Crippen LogP contribution in [0.2, 0.25) is 0 Å². The number of allylic oxidation sites excluding steroid dienone is 1. The Morgan fingerprint density at radius 3 is 2.32 bits per heavy atom. The molecule has 9 heteroatoms. The SMILES string of the molecule is O=C1/C(=C/c2ccc(Sc3nc4ccc(N5C(=O)c6ccccc6C5=O)cc4s3)o2)Sc2ccccc21. The molecule has 3 aromatic carbocycles. The molecular formula is C28H14N2O4S3. The van der Waals surface area contributed by atoms with Crippen LogP contribution in [-0.2, 0) is 0 Å². The van der Waals surface area contributed by atoms with Gasteiger partial charge in [0.2, 0.25) is 5.78 Å². The number of hydrogen-bond acceptors (Lipinski definition) is 8. The summed E-state index contributed by atoms with van der Waals surface area (Å²) in [6.07, 6.45) is 1.77. The van der Waals surface area contributed by atoms with Crippen LogP contribution in [0.4, 0.5) is 5.69 Å². The van der Waals surface area contributed by atoms with E-state index in [1.807, 2.05) is 48.5 Å². The van der Waals surface area contributed by atoms with Crippen LogP contribution < -0.4 is 4.90 Å². The minimum Gasteiger partial charge on any atom is -0.450 e. The van der Waals surface area contributed by atoms with Gasteiger partial charge in [-0.15, -0.1) is 11.3 Å². The molecule has 0 saturated heterocycles. The van der Waals surface area contributed by atoms with Crippen molar-refractivity contribution in [2.45, 2.75) is 14.3 Å². The van der Waals surface area contributed by atoms with E-state index < -0.39 is 0 Å². The van der Waals surface area contributed by atoms with Gasteiger partial charge < -0.3 is 4.42 Å². The van der Waals surface area contributed by atoms with Gasteiger partial charge in [-0.3, -0.25) is 14.4 Å². The Balaban J connectivity index is 1.12. The average Bonchev–Trinajstić information content (AvgIpc) is 3.66. The molecule has 0 fully saturated rings. The predicted octanol–water partition coefficient (Wildman–Crippen LogP) is 7.17. The fourth-order valence-electron chi connectivity index (χ4n) is 4.32. The predicted molar refractivity (Wildman–Crippen MR) is 145 cm³/mol. The summed E-state index contributed by atoms with van der Waals surface area (Å²) >= 11 is 4.28. The number of imide groups is 1. The van der Waals surface area contributed by atoms with Crippen molar-refractivity contribution in [2.75, 3.05) is 4.90 Å². The van der Waals surface area contributed by atoms with Crippen molar-refractivity contribution < 1.29 is 18.8 Å². The van der Waals surface area contributed by atoms with Crippen molar-refractivity contribution in [1.29, 1.82) is 0 Å². The summed E-state index contributed by atoms with van der Waals surface area (Å²) in [4.78, 5) is 45.8. The third-order valence-corrected chi connectivity index (χ3v) is 9.14. The fourth-order valence-corrected chi connectivity index (χ4v) is 7.35. The standard InChI is InChI=1S/C28H14N2O4S3/c31-25-19-7-3-4-8-21(19)35-23(25)14-16-10-12-24(34-16)37-28-29-20-11-9-15(13-22(20)36-28)30-26(32)17-5-1-2-6-18(17)27(30)33/h1-14H/b23-14-. The topological polar surface area (TPSA) is 80.5 Å². The monoisotopic (exact) mass is 538 g/mol. The molecule has 7 rings (SSSR count). The van der Waals surface area contributed by atoms with Gasteiger partial charge >= 0.3 is 0 Å². The molecule has 0 unspecified atom stereocenters. The first-order chi connectivity index (χ1) is 18.0. The zero-order valence-electron chi connectivity index (χ0n) is 18.8. The number of nitrogens with zero attached hydrogens (tertiary/aromatic N) is 2. The van der Waals surface area contributed by atoms with Gasteiger partial charge in [-0.2, -0.15) is 0 Å². The molecular weight excluding hydrogens is 525 g/mol. The summed E-state index contributed by atoms with van der Waals surface area (Å²) in [5.41, 5.74) is 2.84. The third-order valence-electron chi connectivity index (χ3n) is 6.04. The molecule has 2 aliphatic rings. The summed E-state index contributed by atoms with van der Waals surface area (Å²) in [6, 6.07) is 23.5. The number of aromatic nitrogens is 1. The Morgan fingerprint density at radius 2 is 1.57 bits per heavy atom. The second kappa shape index (κ2) is 8.58. The second-order valence-corrected chi connectivity index (χ2v) is 11.7. The van der Waals surface area contributed by atoms with E-state index in [2.05, 4.69) is 4.98 Å². The maximum absolute atomic E-state index is 12.8.